The highest BCUT2D eigenvalue weighted by Gasteiger charge is 2.39. The molecule has 4 aliphatic heterocycles. The van der Waals surface area contributed by atoms with Crippen LogP contribution in [0.15, 0.2) is 72.8 Å². The van der Waals surface area contributed by atoms with Crippen molar-refractivity contribution in [1.82, 2.24) is 35.0 Å². The second-order valence-electron chi connectivity index (χ2n) is 21.5. The van der Waals surface area contributed by atoms with Crippen LogP contribution in [0.25, 0.3) is 0 Å². The van der Waals surface area contributed by atoms with Crippen molar-refractivity contribution < 1.29 is 55.6 Å². The Morgan fingerprint density at radius 3 is 1.30 bits per heavy atom. The van der Waals surface area contributed by atoms with Crippen molar-refractivity contribution in [3.05, 3.63) is 127 Å². The molecule has 0 aromatic heterocycles. The average Bonchev–Trinajstić information content (AvgIpc) is 2.13. The van der Waals surface area contributed by atoms with E-state index >= 15 is 0 Å². The molecule has 0 unspecified atom stereocenters. The number of hydrogen-bond acceptors (Lipinski definition) is 11. The standard InChI is InChI=1S/C30H36Cl2FN5O6S.C29H34Cl2FN5O4/c1-45(43,44)34-14-13-23(29(41)35-22-10-9-21(31)27(32)28(22)33)36-30(42)24-17-19-7-3-4-8-20(19)18-38(24)26(40)12-11-25(39)37-15-5-2-6-16-37;30-20-8-9-21(27(32)26(20)31)34-28(40)22(12-13-33)35-29(41)23-16-18-6-2-3-7-19(18)17-37(23)25(39)11-10-24(38)36-14-4-1-5-15-36/h3-4,7-10,23-24,34H,2,5-6,11-18H2,1H3,(H,35,41)(H,36,42);2-3,6-9,22-23H,1,4-5,10-17,33H2,(H,34,40)(H,35,41)/t23-,24-;22-,23-/m00/s1. The topological polar surface area (TPSA) is 270 Å². The first-order valence-electron chi connectivity index (χ1n) is 28.5. The zero-order chi connectivity index (χ0) is 62.2. The lowest BCUT2D eigenvalue weighted by Gasteiger charge is -2.37. The van der Waals surface area contributed by atoms with Crippen LogP contribution < -0.4 is 31.7 Å². The maximum atomic E-state index is 14.7. The lowest BCUT2D eigenvalue weighted by Crippen LogP contribution is -2.56. The van der Waals surface area contributed by atoms with Gasteiger partial charge in [0.05, 0.1) is 37.7 Å². The number of fused-ring (bicyclic) bond motifs is 2. The summed E-state index contributed by atoms with van der Waals surface area (Å²) in [6.45, 7) is 2.92. The van der Waals surface area contributed by atoms with Gasteiger partial charge in [0.25, 0.3) is 0 Å². The van der Waals surface area contributed by atoms with Gasteiger partial charge in [0, 0.05) is 84.3 Å². The molecule has 0 bridgehead atoms. The summed E-state index contributed by atoms with van der Waals surface area (Å²) >= 11 is 23.4. The third kappa shape index (κ3) is 18.3. The van der Waals surface area contributed by atoms with E-state index in [1.54, 1.807) is 9.80 Å². The van der Waals surface area contributed by atoms with Crippen LogP contribution in [0.3, 0.4) is 0 Å². The van der Waals surface area contributed by atoms with E-state index in [0.717, 1.165) is 67.0 Å². The molecule has 86 heavy (non-hydrogen) atoms. The lowest BCUT2D eigenvalue weighted by atomic mass is 9.92. The van der Waals surface area contributed by atoms with Gasteiger partial charge in [-0.15, -0.1) is 0 Å². The van der Waals surface area contributed by atoms with Crippen LogP contribution in [-0.2, 0) is 74.3 Å². The second-order valence-corrected chi connectivity index (χ2v) is 24.9. The Balaban J connectivity index is 0.000000247. The highest BCUT2D eigenvalue weighted by Crippen LogP contribution is 2.32. The number of nitrogens with one attached hydrogen (secondary N) is 5. The minimum atomic E-state index is -3.62. The average molecular weight is 1290 g/mol. The van der Waals surface area contributed by atoms with E-state index < -0.39 is 74.5 Å². The first kappa shape index (κ1) is 67.0. The fraction of sp³-hybridized carbons (Fsp3) is 0.458. The van der Waals surface area contributed by atoms with Gasteiger partial charge in [-0.05, 0) is 104 Å². The number of nitrogens with zero attached hydrogens (tertiary/aromatic N) is 4. The molecule has 20 nitrogen and oxygen atoms in total. The number of carbonyl (C=O) groups excluding carboxylic acids is 8. The molecule has 2 fully saturated rings. The zero-order valence-electron chi connectivity index (χ0n) is 47.4. The monoisotopic (exact) mass is 1290 g/mol. The molecule has 464 valence electrons. The van der Waals surface area contributed by atoms with Gasteiger partial charge < -0.3 is 46.6 Å². The largest absolute Gasteiger partial charge is 0.343 e. The summed E-state index contributed by atoms with van der Waals surface area (Å²) in [5, 5.41) is 9.35. The molecule has 0 aliphatic carbocycles. The summed E-state index contributed by atoms with van der Waals surface area (Å²) in [6.07, 6.45) is 7.15. The number of likely N-dealkylation sites (tertiary alicyclic amines) is 2. The van der Waals surface area contributed by atoms with Crippen molar-refractivity contribution in [2.75, 3.05) is 56.2 Å². The van der Waals surface area contributed by atoms with E-state index in [-0.39, 0.29) is 128 Å². The third-order valence-electron chi connectivity index (χ3n) is 15.4. The number of amides is 8. The summed E-state index contributed by atoms with van der Waals surface area (Å²) in [5.74, 6) is -5.47. The molecule has 4 heterocycles. The van der Waals surface area contributed by atoms with Gasteiger partial charge >= 0.3 is 0 Å². The quantitative estimate of drug-likeness (QED) is 0.0496. The van der Waals surface area contributed by atoms with E-state index in [0.29, 0.717) is 26.2 Å². The van der Waals surface area contributed by atoms with Gasteiger partial charge in [-0.3, -0.25) is 38.4 Å². The molecular formula is C59H70Cl4F2N10O10S. The molecule has 7 N–H and O–H groups in total. The Labute approximate surface area is 518 Å². The predicted molar refractivity (Wildman–Crippen MR) is 323 cm³/mol. The summed E-state index contributed by atoms with van der Waals surface area (Å²) in [7, 11) is -3.62. The molecule has 0 saturated carbocycles. The van der Waals surface area contributed by atoms with Gasteiger partial charge in [-0.25, -0.2) is 21.9 Å². The van der Waals surface area contributed by atoms with Crippen LogP contribution in [0, 0.1) is 11.6 Å². The molecule has 27 heteroatoms. The number of piperidine rings is 2. The molecule has 4 aromatic rings. The molecule has 8 rings (SSSR count). The first-order valence-corrected chi connectivity index (χ1v) is 31.9. The van der Waals surface area contributed by atoms with E-state index in [1.807, 2.05) is 48.5 Å². The number of carbonyl (C=O) groups is 8. The Morgan fingerprint density at radius 1 is 0.547 bits per heavy atom. The fourth-order valence-electron chi connectivity index (χ4n) is 10.7. The highest BCUT2D eigenvalue weighted by atomic mass is 35.5. The highest BCUT2D eigenvalue weighted by molar-refractivity contribution is 7.88. The Hall–Kier alpha value is -6.47. The summed E-state index contributed by atoms with van der Waals surface area (Å²) in [4.78, 5) is 113. The van der Waals surface area contributed by atoms with Crippen molar-refractivity contribution in [3.8, 4) is 0 Å². The maximum absolute atomic E-state index is 14.7. The molecule has 8 amide bonds. The van der Waals surface area contributed by atoms with Gasteiger partial charge in [0.15, 0.2) is 11.6 Å². The molecule has 2 saturated heterocycles. The predicted octanol–water partition coefficient (Wildman–Crippen LogP) is 6.89. The van der Waals surface area contributed by atoms with Crippen LogP contribution in [0.5, 0.6) is 0 Å². The number of nitrogens with two attached hydrogens (primary N) is 1. The van der Waals surface area contributed by atoms with Gasteiger partial charge in [-0.2, -0.15) is 0 Å². The van der Waals surface area contributed by atoms with Crippen LogP contribution >= 0.6 is 46.4 Å². The zero-order valence-corrected chi connectivity index (χ0v) is 51.3. The SMILES string of the molecule is CS(=O)(=O)NCC[C@H](NC(=O)[C@@H]1Cc2ccccc2CN1C(=O)CCC(=O)N1CCCCC1)C(=O)Nc1ccc(Cl)c(Cl)c1F.NCC[C@H](NC(=O)[C@@H]1Cc2ccccc2CN1C(=O)CCC(=O)N1CCCCC1)C(=O)Nc1ccc(Cl)c(Cl)c1F. The van der Waals surface area contributed by atoms with Crippen molar-refractivity contribution in [2.24, 2.45) is 5.73 Å². The molecule has 4 aromatic carbocycles. The second kappa shape index (κ2) is 31.4. The molecule has 4 atom stereocenters. The van der Waals surface area contributed by atoms with E-state index in [2.05, 4.69) is 26.0 Å². The number of anilines is 2. The first-order chi connectivity index (χ1) is 41.0. The Kier molecular flexibility index (Phi) is 24.5. The maximum Gasteiger partial charge on any atom is 0.247 e. The lowest BCUT2D eigenvalue weighted by molar-refractivity contribution is -0.144. The fourth-order valence-corrected chi connectivity index (χ4v) is 11.8. The Morgan fingerprint density at radius 2 is 0.919 bits per heavy atom. The smallest absolute Gasteiger partial charge is 0.247 e. The normalized spacial score (nSPS) is 17.3. The van der Waals surface area contributed by atoms with E-state index in [9.17, 15) is 55.6 Å². The van der Waals surface area contributed by atoms with E-state index in [1.165, 1.54) is 34.1 Å². The number of benzene rings is 4. The van der Waals surface area contributed by atoms with Crippen LogP contribution in [0.1, 0.15) is 99.3 Å². The Bertz CT molecular complexity index is 3280. The van der Waals surface area contributed by atoms with E-state index in [4.69, 9.17) is 52.1 Å². The van der Waals surface area contributed by atoms with Crippen LogP contribution in [-0.4, -0.2) is 145 Å². The van der Waals surface area contributed by atoms with Crippen molar-refractivity contribution in [2.45, 2.75) is 127 Å². The van der Waals surface area contributed by atoms with Crippen LogP contribution in [0.4, 0.5) is 20.2 Å². The van der Waals surface area contributed by atoms with Crippen molar-refractivity contribution in [3.63, 3.8) is 0 Å². The molecule has 4 aliphatic rings. The number of hydrogen-bond donors (Lipinski definition) is 6. The number of rotatable bonds is 20. The molecule has 0 radical (unpaired) electrons. The number of halogens is 6. The summed E-state index contributed by atoms with van der Waals surface area (Å²) in [6, 6.07) is 15.7. The van der Waals surface area contributed by atoms with Crippen molar-refractivity contribution in [1.29, 1.82) is 0 Å². The molecular weight excluding hydrogens is 1220 g/mol. The minimum absolute atomic E-state index is 0.00561. The third-order valence-corrected chi connectivity index (χ3v) is 17.7. The van der Waals surface area contributed by atoms with Gasteiger partial charge in [-0.1, -0.05) is 94.9 Å². The van der Waals surface area contributed by atoms with Crippen LogP contribution in [0.2, 0.25) is 20.1 Å². The number of sulfonamides is 1. The summed E-state index contributed by atoms with van der Waals surface area (Å²) in [5.41, 5.74) is 8.78. The summed E-state index contributed by atoms with van der Waals surface area (Å²) < 4.78 is 54.8. The van der Waals surface area contributed by atoms with Crippen molar-refractivity contribution >= 4 is 115 Å². The minimum Gasteiger partial charge on any atom is -0.343 e. The van der Waals surface area contributed by atoms with Gasteiger partial charge in [0.2, 0.25) is 57.3 Å². The molecule has 0 spiro atoms. The van der Waals surface area contributed by atoms with Gasteiger partial charge in [0.1, 0.15) is 24.2 Å².